The van der Waals surface area contributed by atoms with Crippen molar-refractivity contribution in [3.63, 3.8) is 0 Å². The quantitative estimate of drug-likeness (QED) is 0.329. The molecule has 0 saturated carbocycles. The molecule has 0 aromatic heterocycles. The van der Waals surface area contributed by atoms with Crippen LogP contribution < -0.4 is 5.32 Å². The van der Waals surface area contributed by atoms with E-state index in [2.05, 4.69) is 22.2 Å². The van der Waals surface area contributed by atoms with E-state index < -0.39 is 11.8 Å². The molecule has 0 amide bonds. The highest BCUT2D eigenvalue weighted by molar-refractivity contribution is 6.30. The van der Waals surface area contributed by atoms with E-state index in [1.54, 1.807) is 49.5 Å². The zero-order valence-corrected chi connectivity index (χ0v) is 18.2. The zero-order chi connectivity index (χ0) is 23.1. The summed E-state index contributed by atoms with van der Waals surface area (Å²) in [5.74, 6) is 4.75. The van der Waals surface area contributed by atoms with Crippen molar-refractivity contribution in [3.8, 4) is 17.6 Å². The van der Waals surface area contributed by atoms with Crippen molar-refractivity contribution in [2.45, 2.75) is 0 Å². The number of nitrogens with one attached hydrogen (secondary N) is 1. The van der Waals surface area contributed by atoms with Crippen LogP contribution in [0, 0.1) is 17.7 Å². The Morgan fingerprint density at radius 2 is 1.88 bits per heavy atom. The first-order valence-corrected chi connectivity index (χ1v) is 9.99. The van der Waals surface area contributed by atoms with Crippen LogP contribution in [0.15, 0.2) is 65.7 Å². The molecular weight excluding hydrogens is 431 g/mol. The maximum absolute atomic E-state index is 13.9. The molecule has 0 spiro atoms. The number of phenolic OH excluding ortho intramolecular Hbond substituents is 1. The number of halogens is 2. The minimum atomic E-state index is -0.503. The Bertz CT molecular complexity index is 1230. The molecular formula is C25H20ClFN2O3. The van der Waals surface area contributed by atoms with Crippen LogP contribution >= 0.6 is 11.6 Å². The molecule has 162 valence electrons. The molecule has 0 fully saturated rings. The van der Waals surface area contributed by atoms with E-state index in [9.17, 15) is 14.3 Å². The summed E-state index contributed by atoms with van der Waals surface area (Å²) < 4.78 is 18.7. The van der Waals surface area contributed by atoms with E-state index >= 15 is 0 Å². The van der Waals surface area contributed by atoms with Crippen LogP contribution in [0.25, 0.3) is 0 Å². The molecule has 0 unspecified atom stereocenters. The number of carbonyl (C=O) groups excluding carboxylic acids is 1. The Hall–Kier alpha value is -3.82. The molecule has 2 N–H and O–H groups in total. The van der Waals surface area contributed by atoms with Gasteiger partial charge in [0.05, 0.1) is 18.4 Å². The average Bonchev–Trinajstić information content (AvgIpc) is 2.81. The molecule has 0 radical (unpaired) electrons. The number of hydrogen-bond donors (Lipinski definition) is 2. The Labute approximate surface area is 190 Å². The maximum atomic E-state index is 13.9. The first kappa shape index (κ1) is 22.9. The van der Waals surface area contributed by atoms with Crippen LogP contribution in [0.3, 0.4) is 0 Å². The monoisotopic (exact) mass is 450 g/mol. The third kappa shape index (κ3) is 5.45. The number of aliphatic imine (C=N–C) groups is 1. The van der Waals surface area contributed by atoms with Gasteiger partial charge in [0.25, 0.3) is 0 Å². The number of phenols is 1. The summed E-state index contributed by atoms with van der Waals surface area (Å²) in [5, 5.41) is 13.8. The number of ether oxygens (including phenoxy) is 1. The van der Waals surface area contributed by atoms with Gasteiger partial charge in [0.15, 0.2) is 0 Å². The van der Waals surface area contributed by atoms with Crippen molar-refractivity contribution in [1.82, 2.24) is 0 Å². The number of nitrogens with zero attached hydrogens (tertiary/aromatic N) is 1. The molecule has 3 rings (SSSR count). The van der Waals surface area contributed by atoms with Gasteiger partial charge in [0.1, 0.15) is 18.1 Å². The summed E-state index contributed by atoms with van der Waals surface area (Å²) in [6.45, 7) is 0.0400. The molecule has 0 heterocycles. The van der Waals surface area contributed by atoms with Gasteiger partial charge in [-0.15, -0.1) is 0 Å². The van der Waals surface area contributed by atoms with Crippen LogP contribution in [0.1, 0.15) is 27.0 Å². The fourth-order valence-corrected chi connectivity index (χ4v) is 3.11. The highest BCUT2D eigenvalue weighted by Gasteiger charge is 2.13. The maximum Gasteiger partial charge on any atom is 0.339 e. The molecule has 7 heteroatoms. The van der Waals surface area contributed by atoms with Crippen molar-refractivity contribution in [1.29, 1.82) is 0 Å². The number of esters is 1. The van der Waals surface area contributed by atoms with Gasteiger partial charge in [-0.2, -0.15) is 0 Å². The first-order chi connectivity index (χ1) is 15.4. The molecule has 0 aliphatic carbocycles. The number of carbonyl (C=O) groups is 1. The van der Waals surface area contributed by atoms with Gasteiger partial charge >= 0.3 is 5.97 Å². The van der Waals surface area contributed by atoms with Crippen LogP contribution in [-0.4, -0.2) is 37.5 Å². The van der Waals surface area contributed by atoms with Crippen molar-refractivity contribution >= 4 is 29.0 Å². The van der Waals surface area contributed by atoms with E-state index in [-0.39, 0.29) is 17.9 Å². The minimum absolute atomic E-state index is 0.0400. The summed E-state index contributed by atoms with van der Waals surface area (Å²) in [6.07, 6.45) is 0. The highest BCUT2D eigenvalue weighted by Crippen LogP contribution is 2.23. The van der Waals surface area contributed by atoms with Gasteiger partial charge in [0.2, 0.25) is 0 Å². The number of hydrogen-bond acceptors (Lipinski definition) is 5. The lowest BCUT2D eigenvalue weighted by Gasteiger charge is -2.09. The van der Waals surface area contributed by atoms with Crippen molar-refractivity contribution < 1.29 is 19.0 Å². The molecule has 0 atom stereocenters. The van der Waals surface area contributed by atoms with Crippen LogP contribution in [0.2, 0.25) is 5.02 Å². The molecule has 0 aliphatic heterocycles. The Morgan fingerprint density at radius 3 is 2.56 bits per heavy atom. The Morgan fingerprint density at radius 1 is 1.12 bits per heavy atom. The lowest BCUT2D eigenvalue weighted by atomic mass is 10.0. The van der Waals surface area contributed by atoms with E-state index in [0.29, 0.717) is 27.4 Å². The predicted molar refractivity (Wildman–Crippen MR) is 124 cm³/mol. The van der Waals surface area contributed by atoms with Gasteiger partial charge in [-0.1, -0.05) is 35.6 Å². The topological polar surface area (TPSA) is 70.9 Å². The Kier molecular flexibility index (Phi) is 7.48. The molecule has 3 aromatic rings. The summed E-state index contributed by atoms with van der Waals surface area (Å²) in [7, 11) is 3.07. The summed E-state index contributed by atoms with van der Waals surface area (Å²) in [4.78, 5) is 16.5. The summed E-state index contributed by atoms with van der Waals surface area (Å²) in [5.41, 5.74) is 2.86. The SMILES string of the molecule is CNc1ccc(C(=O)OC)c(C#CCN=C(c2ccc(Cl)cc2)c2cc(F)ccc2O)c1. The lowest BCUT2D eigenvalue weighted by molar-refractivity contribution is 0.0600. The van der Waals surface area contributed by atoms with E-state index in [1.807, 2.05) is 0 Å². The smallest absolute Gasteiger partial charge is 0.339 e. The molecule has 5 nitrogen and oxygen atoms in total. The van der Waals surface area contributed by atoms with Gasteiger partial charge in [-0.3, -0.25) is 4.99 Å². The number of anilines is 1. The minimum Gasteiger partial charge on any atom is -0.507 e. The van der Waals surface area contributed by atoms with Crippen LogP contribution in [0.4, 0.5) is 10.1 Å². The molecule has 3 aromatic carbocycles. The van der Waals surface area contributed by atoms with Gasteiger partial charge in [-0.25, -0.2) is 9.18 Å². The number of methoxy groups -OCH3 is 1. The second kappa shape index (κ2) is 10.5. The average molecular weight is 451 g/mol. The van der Waals surface area contributed by atoms with Crippen molar-refractivity contribution in [2.75, 3.05) is 26.0 Å². The number of aromatic hydroxyl groups is 1. The standard InChI is InChI=1S/C25H20ClFN2O3/c1-28-20-10-11-21(25(31)32-2)17(14-20)4-3-13-29-24(16-5-7-18(26)8-6-16)22-15-19(27)9-12-23(22)30/h5-12,14-15,28,30H,13H2,1-2H3. The first-order valence-electron chi connectivity index (χ1n) is 9.61. The van der Waals surface area contributed by atoms with Gasteiger partial charge in [-0.05, 0) is 48.5 Å². The highest BCUT2D eigenvalue weighted by atomic mass is 35.5. The third-order valence-corrected chi connectivity index (χ3v) is 4.84. The zero-order valence-electron chi connectivity index (χ0n) is 17.4. The third-order valence-electron chi connectivity index (χ3n) is 4.58. The van der Waals surface area contributed by atoms with Crippen molar-refractivity contribution in [3.05, 3.63) is 93.8 Å². The Balaban J connectivity index is 2.00. The van der Waals surface area contributed by atoms with E-state index in [1.165, 1.54) is 25.3 Å². The fraction of sp³-hybridized carbons (Fsp3) is 0.120. The molecule has 0 aliphatic rings. The second-order valence-electron chi connectivity index (χ2n) is 6.64. The normalized spacial score (nSPS) is 10.8. The van der Waals surface area contributed by atoms with Crippen LogP contribution in [-0.2, 0) is 4.74 Å². The van der Waals surface area contributed by atoms with E-state index in [0.717, 1.165) is 5.69 Å². The molecule has 32 heavy (non-hydrogen) atoms. The summed E-state index contributed by atoms with van der Waals surface area (Å²) >= 11 is 5.98. The second-order valence-corrected chi connectivity index (χ2v) is 7.07. The largest absolute Gasteiger partial charge is 0.507 e. The molecule has 0 saturated heterocycles. The van der Waals surface area contributed by atoms with Crippen molar-refractivity contribution in [2.24, 2.45) is 4.99 Å². The van der Waals surface area contributed by atoms with Gasteiger partial charge < -0.3 is 15.2 Å². The summed E-state index contributed by atoms with van der Waals surface area (Å²) in [6, 6.07) is 15.6. The fourth-order valence-electron chi connectivity index (χ4n) is 2.98. The number of benzene rings is 3. The molecule has 0 bridgehead atoms. The van der Waals surface area contributed by atoms with E-state index in [4.69, 9.17) is 16.3 Å². The number of rotatable bonds is 5. The lowest BCUT2D eigenvalue weighted by Crippen LogP contribution is -2.06. The predicted octanol–water partition coefficient (Wildman–Crippen LogP) is 4.90. The van der Waals surface area contributed by atoms with Crippen LogP contribution in [0.5, 0.6) is 5.75 Å². The van der Waals surface area contributed by atoms with Gasteiger partial charge in [0, 0.05) is 34.4 Å².